The van der Waals surface area contributed by atoms with Crippen LogP contribution in [0.3, 0.4) is 0 Å². The van der Waals surface area contributed by atoms with Gasteiger partial charge in [-0.1, -0.05) is 18.2 Å². The van der Waals surface area contributed by atoms with Gasteiger partial charge in [-0.15, -0.1) is 0 Å². The van der Waals surface area contributed by atoms with Crippen LogP contribution in [-0.4, -0.2) is 14.5 Å². The fourth-order valence-electron chi connectivity index (χ4n) is 2.28. The molecule has 1 aromatic carbocycles. The molecular weight excluding hydrogens is 255 g/mol. The minimum atomic E-state index is -0.195. The van der Waals surface area contributed by atoms with Gasteiger partial charge in [0.25, 0.3) is 0 Å². The molecule has 2 aromatic heterocycles. The highest BCUT2D eigenvalue weighted by Gasteiger charge is 2.10. The van der Waals surface area contributed by atoms with Gasteiger partial charge in [0.2, 0.25) is 5.95 Å². The number of nitrogens with two attached hydrogens (primary N) is 1. The van der Waals surface area contributed by atoms with Crippen molar-refractivity contribution in [1.29, 1.82) is 0 Å². The Labute approximate surface area is 116 Å². The molecule has 3 aromatic rings. The van der Waals surface area contributed by atoms with E-state index >= 15 is 0 Å². The second kappa shape index (κ2) is 4.92. The van der Waals surface area contributed by atoms with Crippen molar-refractivity contribution in [1.82, 2.24) is 14.5 Å². The van der Waals surface area contributed by atoms with Crippen molar-refractivity contribution in [3.05, 3.63) is 53.5 Å². The van der Waals surface area contributed by atoms with Gasteiger partial charge in [-0.2, -0.15) is 0 Å². The number of aryl methyl sites for hydroxylation is 3. The first-order valence-corrected chi connectivity index (χ1v) is 6.47. The molecule has 0 fully saturated rings. The maximum Gasteiger partial charge on any atom is 0.202 e. The lowest BCUT2D eigenvalue weighted by Gasteiger charge is -2.06. The monoisotopic (exact) mass is 270 g/mol. The number of nitrogens with zero attached hydrogens (tertiary/aromatic N) is 3. The zero-order chi connectivity index (χ0) is 14.1. The highest BCUT2D eigenvalue weighted by Crippen LogP contribution is 2.18. The number of anilines is 1. The van der Waals surface area contributed by atoms with Crippen molar-refractivity contribution < 1.29 is 4.39 Å². The lowest BCUT2D eigenvalue weighted by Crippen LogP contribution is -2.07. The third kappa shape index (κ3) is 2.22. The van der Waals surface area contributed by atoms with Crippen LogP contribution >= 0.6 is 0 Å². The van der Waals surface area contributed by atoms with E-state index in [1.165, 1.54) is 6.07 Å². The minimum absolute atomic E-state index is 0.195. The molecule has 0 spiro atoms. The van der Waals surface area contributed by atoms with Crippen LogP contribution in [0.1, 0.15) is 11.1 Å². The number of imidazole rings is 1. The normalized spacial score (nSPS) is 11.1. The third-order valence-corrected chi connectivity index (χ3v) is 3.31. The van der Waals surface area contributed by atoms with E-state index in [1.807, 2.05) is 23.6 Å². The Kier molecular flexibility index (Phi) is 3.10. The third-order valence-electron chi connectivity index (χ3n) is 3.31. The quantitative estimate of drug-likeness (QED) is 0.796. The molecule has 0 saturated carbocycles. The topological polar surface area (TPSA) is 56.7 Å². The summed E-state index contributed by atoms with van der Waals surface area (Å²) in [4.78, 5) is 8.66. The van der Waals surface area contributed by atoms with Crippen molar-refractivity contribution in [2.75, 3.05) is 5.73 Å². The van der Waals surface area contributed by atoms with Gasteiger partial charge < -0.3 is 5.73 Å². The van der Waals surface area contributed by atoms with Crippen LogP contribution in [0.5, 0.6) is 0 Å². The number of nitrogen functional groups attached to an aromatic ring is 1. The Morgan fingerprint density at radius 2 is 2.10 bits per heavy atom. The summed E-state index contributed by atoms with van der Waals surface area (Å²) in [5, 5.41) is 0. The van der Waals surface area contributed by atoms with E-state index in [1.54, 1.807) is 18.3 Å². The highest BCUT2D eigenvalue weighted by atomic mass is 19.1. The SMILES string of the molecule is Cc1cnc2c(c1)nc(N)n2CCc1ccccc1F. The Morgan fingerprint density at radius 3 is 2.90 bits per heavy atom. The van der Waals surface area contributed by atoms with Crippen LogP contribution in [0.2, 0.25) is 0 Å². The molecule has 0 bridgehead atoms. The van der Waals surface area contributed by atoms with Crippen LogP contribution in [-0.2, 0) is 13.0 Å². The molecule has 4 nitrogen and oxygen atoms in total. The molecule has 3 rings (SSSR count). The number of aromatic nitrogens is 3. The largest absolute Gasteiger partial charge is 0.369 e. The van der Waals surface area contributed by atoms with E-state index in [9.17, 15) is 4.39 Å². The summed E-state index contributed by atoms with van der Waals surface area (Å²) in [5.41, 5.74) is 9.14. The van der Waals surface area contributed by atoms with E-state index < -0.39 is 0 Å². The second-order valence-corrected chi connectivity index (χ2v) is 4.82. The molecule has 102 valence electrons. The summed E-state index contributed by atoms with van der Waals surface area (Å²) in [7, 11) is 0. The highest BCUT2D eigenvalue weighted by molar-refractivity contribution is 5.74. The lowest BCUT2D eigenvalue weighted by atomic mass is 10.1. The van der Waals surface area contributed by atoms with Crippen LogP contribution in [0.15, 0.2) is 36.5 Å². The minimum Gasteiger partial charge on any atom is -0.369 e. The summed E-state index contributed by atoms with van der Waals surface area (Å²) in [6.45, 7) is 2.51. The van der Waals surface area contributed by atoms with Crippen LogP contribution in [0, 0.1) is 12.7 Å². The van der Waals surface area contributed by atoms with Gasteiger partial charge in [0.1, 0.15) is 11.3 Å². The summed E-state index contributed by atoms with van der Waals surface area (Å²) in [6, 6.07) is 8.70. The van der Waals surface area contributed by atoms with E-state index in [4.69, 9.17) is 5.73 Å². The molecule has 0 amide bonds. The average Bonchev–Trinajstić information content (AvgIpc) is 2.73. The van der Waals surface area contributed by atoms with Crippen molar-refractivity contribution in [2.45, 2.75) is 19.9 Å². The maximum atomic E-state index is 13.6. The van der Waals surface area contributed by atoms with Gasteiger partial charge in [0.15, 0.2) is 5.65 Å². The molecule has 2 heterocycles. The standard InChI is InChI=1S/C15H15FN4/c1-10-8-13-14(18-9-10)20(15(17)19-13)7-6-11-4-2-3-5-12(11)16/h2-5,8-9H,6-7H2,1H3,(H2,17,19). The fraction of sp³-hybridized carbons (Fsp3) is 0.200. The molecule has 5 heteroatoms. The molecule has 20 heavy (non-hydrogen) atoms. The second-order valence-electron chi connectivity index (χ2n) is 4.82. The number of hydrogen-bond donors (Lipinski definition) is 1. The maximum absolute atomic E-state index is 13.6. The van der Waals surface area contributed by atoms with Gasteiger partial charge in [0, 0.05) is 12.7 Å². The number of benzene rings is 1. The number of rotatable bonds is 3. The first kappa shape index (κ1) is 12.6. The van der Waals surface area contributed by atoms with Crippen LogP contribution < -0.4 is 5.73 Å². The molecule has 0 aliphatic carbocycles. The van der Waals surface area contributed by atoms with Crippen LogP contribution in [0.4, 0.5) is 10.3 Å². The van der Waals surface area contributed by atoms with E-state index in [0.29, 0.717) is 24.5 Å². The molecule has 0 radical (unpaired) electrons. The molecule has 0 aliphatic heterocycles. The van der Waals surface area contributed by atoms with Gasteiger partial charge in [-0.25, -0.2) is 14.4 Å². The van der Waals surface area contributed by atoms with Crippen LogP contribution in [0.25, 0.3) is 11.2 Å². The van der Waals surface area contributed by atoms with Crippen molar-refractivity contribution in [2.24, 2.45) is 0 Å². The van der Waals surface area contributed by atoms with Gasteiger partial charge in [-0.05, 0) is 36.6 Å². The predicted molar refractivity (Wildman–Crippen MR) is 76.8 cm³/mol. The zero-order valence-electron chi connectivity index (χ0n) is 11.2. The molecule has 0 unspecified atom stereocenters. The lowest BCUT2D eigenvalue weighted by molar-refractivity contribution is 0.596. The molecule has 2 N–H and O–H groups in total. The van der Waals surface area contributed by atoms with Gasteiger partial charge in [0.05, 0.1) is 0 Å². The summed E-state index contributed by atoms with van der Waals surface area (Å²) < 4.78 is 15.4. The fourth-order valence-corrected chi connectivity index (χ4v) is 2.28. The Hall–Kier alpha value is -2.43. The van der Waals surface area contributed by atoms with Crippen molar-refractivity contribution >= 4 is 17.1 Å². The Morgan fingerprint density at radius 1 is 1.30 bits per heavy atom. The van der Waals surface area contributed by atoms with Crippen molar-refractivity contribution in [3.63, 3.8) is 0 Å². The zero-order valence-corrected chi connectivity index (χ0v) is 11.2. The predicted octanol–water partition coefficient (Wildman–Crippen LogP) is 2.70. The first-order valence-electron chi connectivity index (χ1n) is 6.47. The number of hydrogen-bond acceptors (Lipinski definition) is 3. The van der Waals surface area contributed by atoms with Crippen molar-refractivity contribution in [3.8, 4) is 0 Å². The molecular formula is C15H15FN4. The number of fused-ring (bicyclic) bond motifs is 1. The molecule has 0 atom stereocenters. The smallest absolute Gasteiger partial charge is 0.202 e. The van der Waals surface area contributed by atoms with E-state index in [0.717, 1.165) is 16.7 Å². The Balaban J connectivity index is 1.91. The van der Waals surface area contributed by atoms with Gasteiger partial charge >= 0.3 is 0 Å². The van der Waals surface area contributed by atoms with E-state index in [-0.39, 0.29) is 5.82 Å². The first-order chi connectivity index (χ1) is 9.65. The summed E-state index contributed by atoms with van der Waals surface area (Å²) in [5.74, 6) is 0.216. The number of halogens is 1. The summed E-state index contributed by atoms with van der Waals surface area (Å²) in [6.07, 6.45) is 2.33. The molecule has 0 saturated heterocycles. The van der Waals surface area contributed by atoms with E-state index in [2.05, 4.69) is 9.97 Å². The molecule has 0 aliphatic rings. The summed E-state index contributed by atoms with van der Waals surface area (Å²) >= 11 is 0. The Bertz CT molecular complexity index is 764. The van der Waals surface area contributed by atoms with Gasteiger partial charge in [-0.3, -0.25) is 4.57 Å². The average molecular weight is 270 g/mol. The number of pyridine rings is 1.